The maximum atomic E-state index is 4.75. The average molecular weight is 289 g/mol. The topological polar surface area (TPSA) is 12.9 Å². The zero-order valence-corrected chi connectivity index (χ0v) is 12.9. The minimum absolute atomic E-state index is 1.08. The van der Waals surface area contributed by atoms with Gasteiger partial charge in [-0.3, -0.25) is 4.98 Å². The van der Waals surface area contributed by atoms with Gasteiger partial charge in [-0.25, -0.2) is 0 Å². The summed E-state index contributed by atoms with van der Waals surface area (Å²) in [7, 11) is 0. The Balaban J connectivity index is 2.07. The summed E-state index contributed by atoms with van der Waals surface area (Å²) < 4.78 is 0. The highest BCUT2D eigenvalue weighted by molar-refractivity contribution is 8.02. The summed E-state index contributed by atoms with van der Waals surface area (Å²) >= 11 is 1.75. The minimum atomic E-state index is 1.08. The number of hydrogen-bond acceptors (Lipinski definition) is 2. The molecule has 102 valence electrons. The molecule has 2 heteroatoms. The second-order valence-electron chi connectivity index (χ2n) is 5.54. The smallest absolute Gasteiger partial charge is 0.0781 e. The maximum Gasteiger partial charge on any atom is 0.0781 e. The van der Waals surface area contributed by atoms with E-state index < -0.39 is 0 Å². The Morgan fingerprint density at radius 1 is 1.00 bits per heavy atom. The number of rotatable bonds is 1. The third-order valence-electron chi connectivity index (χ3n) is 3.85. The molecule has 0 fully saturated rings. The zero-order chi connectivity index (χ0) is 14.4. The van der Waals surface area contributed by atoms with Crippen molar-refractivity contribution >= 4 is 28.6 Å². The van der Waals surface area contributed by atoms with E-state index in [1.807, 2.05) is 6.20 Å². The molecule has 0 unspecified atom stereocenters. The Hall–Kier alpha value is -2.06. The monoisotopic (exact) mass is 289 g/mol. The van der Waals surface area contributed by atoms with Crippen LogP contribution in [-0.4, -0.2) is 4.98 Å². The van der Waals surface area contributed by atoms with Crippen molar-refractivity contribution in [1.29, 1.82) is 0 Å². The van der Waals surface area contributed by atoms with Crippen molar-refractivity contribution in [2.24, 2.45) is 0 Å². The number of benzene rings is 2. The van der Waals surface area contributed by atoms with Crippen molar-refractivity contribution in [2.45, 2.75) is 18.7 Å². The van der Waals surface area contributed by atoms with Gasteiger partial charge in [0.15, 0.2) is 0 Å². The lowest BCUT2D eigenvalue weighted by atomic mass is 9.98. The summed E-state index contributed by atoms with van der Waals surface area (Å²) in [5.41, 5.74) is 6.13. The number of nitrogens with zero attached hydrogens (tertiary/aromatic N) is 1. The SMILES string of the molecule is Cc1cc(C)cc(-c2ncc3c4c(cccc24)C=CS3)c1. The second-order valence-corrected chi connectivity index (χ2v) is 6.49. The Morgan fingerprint density at radius 2 is 1.81 bits per heavy atom. The Bertz CT molecular complexity index is 873. The second kappa shape index (κ2) is 4.74. The maximum absolute atomic E-state index is 4.75. The molecule has 0 spiro atoms. The van der Waals surface area contributed by atoms with Crippen LogP contribution >= 0.6 is 11.8 Å². The van der Waals surface area contributed by atoms with Crippen molar-refractivity contribution in [2.75, 3.05) is 0 Å². The molecule has 1 aliphatic rings. The third kappa shape index (κ3) is 2.07. The van der Waals surface area contributed by atoms with Crippen LogP contribution < -0.4 is 0 Å². The highest BCUT2D eigenvalue weighted by Gasteiger charge is 2.14. The van der Waals surface area contributed by atoms with Gasteiger partial charge >= 0.3 is 0 Å². The third-order valence-corrected chi connectivity index (χ3v) is 4.68. The van der Waals surface area contributed by atoms with Crippen molar-refractivity contribution in [3.05, 3.63) is 64.7 Å². The quantitative estimate of drug-likeness (QED) is 0.578. The molecule has 21 heavy (non-hydrogen) atoms. The normalized spacial score (nSPS) is 12.9. The molecule has 0 aliphatic carbocycles. The summed E-state index contributed by atoms with van der Waals surface area (Å²) in [5.74, 6) is 0. The van der Waals surface area contributed by atoms with Crippen molar-refractivity contribution in [1.82, 2.24) is 4.98 Å². The van der Waals surface area contributed by atoms with Crippen LogP contribution in [-0.2, 0) is 0 Å². The molecular weight excluding hydrogens is 274 g/mol. The number of aryl methyl sites for hydroxylation is 2. The molecule has 4 rings (SSSR count). The molecule has 0 saturated carbocycles. The Kier molecular flexibility index (Phi) is 2.86. The van der Waals surface area contributed by atoms with Crippen molar-refractivity contribution < 1.29 is 0 Å². The van der Waals surface area contributed by atoms with Crippen LogP contribution in [0.1, 0.15) is 16.7 Å². The lowest BCUT2D eigenvalue weighted by molar-refractivity contribution is 1.27. The van der Waals surface area contributed by atoms with E-state index in [1.165, 1.54) is 37.9 Å². The summed E-state index contributed by atoms with van der Waals surface area (Å²) in [6.45, 7) is 4.28. The molecule has 1 aliphatic heterocycles. The summed E-state index contributed by atoms with van der Waals surface area (Å²) in [6, 6.07) is 13.1. The zero-order valence-electron chi connectivity index (χ0n) is 12.1. The molecule has 2 aromatic carbocycles. The van der Waals surface area contributed by atoms with Gasteiger partial charge in [0.2, 0.25) is 0 Å². The molecule has 2 heterocycles. The number of aromatic nitrogens is 1. The van der Waals surface area contributed by atoms with Gasteiger partial charge in [-0.15, -0.1) is 0 Å². The number of thioether (sulfide) groups is 1. The van der Waals surface area contributed by atoms with E-state index in [-0.39, 0.29) is 0 Å². The fourth-order valence-electron chi connectivity index (χ4n) is 3.05. The fourth-order valence-corrected chi connectivity index (χ4v) is 3.87. The van der Waals surface area contributed by atoms with Crippen LogP contribution in [0.25, 0.3) is 28.1 Å². The van der Waals surface area contributed by atoms with Crippen LogP contribution in [0.2, 0.25) is 0 Å². The van der Waals surface area contributed by atoms with Gasteiger partial charge in [0.25, 0.3) is 0 Å². The van der Waals surface area contributed by atoms with E-state index in [9.17, 15) is 0 Å². The van der Waals surface area contributed by atoms with Gasteiger partial charge in [0.05, 0.1) is 5.69 Å². The molecule has 0 N–H and O–H groups in total. The minimum Gasteiger partial charge on any atom is -0.254 e. The molecule has 0 bridgehead atoms. The van der Waals surface area contributed by atoms with Crippen LogP contribution in [0.3, 0.4) is 0 Å². The molecule has 1 aromatic heterocycles. The summed E-state index contributed by atoms with van der Waals surface area (Å²) in [4.78, 5) is 6.00. The summed E-state index contributed by atoms with van der Waals surface area (Å²) in [6.07, 6.45) is 4.19. The average Bonchev–Trinajstić information content (AvgIpc) is 2.47. The first-order valence-electron chi connectivity index (χ1n) is 7.06. The fraction of sp³-hybridized carbons (Fsp3) is 0.105. The molecule has 0 atom stereocenters. The van der Waals surface area contributed by atoms with Gasteiger partial charge in [-0.05, 0) is 43.0 Å². The number of hydrogen-bond donors (Lipinski definition) is 0. The Morgan fingerprint density at radius 3 is 2.62 bits per heavy atom. The standard InChI is InChI=1S/C19H15NS/c1-12-8-13(2)10-15(9-12)19-16-5-3-4-14-6-7-21-17(11-20-19)18(14)16/h3-11H,1-2H3. The van der Waals surface area contributed by atoms with Crippen molar-refractivity contribution in [3.8, 4) is 11.3 Å². The Labute approximate surface area is 128 Å². The van der Waals surface area contributed by atoms with E-state index in [0.29, 0.717) is 0 Å². The first kappa shape index (κ1) is 12.7. The van der Waals surface area contributed by atoms with Crippen LogP contribution in [0.5, 0.6) is 0 Å². The van der Waals surface area contributed by atoms with Crippen molar-refractivity contribution in [3.63, 3.8) is 0 Å². The van der Waals surface area contributed by atoms with E-state index in [0.717, 1.165) is 5.69 Å². The van der Waals surface area contributed by atoms with Crippen LogP contribution in [0.4, 0.5) is 0 Å². The highest BCUT2D eigenvalue weighted by atomic mass is 32.2. The molecule has 0 radical (unpaired) electrons. The van der Waals surface area contributed by atoms with E-state index in [4.69, 9.17) is 4.98 Å². The van der Waals surface area contributed by atoms with Gasteiger partial charge in [0, 0.05) is 27.4 Å². The molecule has 1 nitrogen and oxygen atoms in total. The van der Waals surface area contributed by atoms with E-state index in [1.54, 1.807) is 11.8 Å². The first-order valence-corrected chi connectivity index (χ1v) is 7.94. The van der Waals surface area contributed by atoms with E-state index in [2.05, 4.69) is 61.7 Å². The molecule has 0 saturated heterocycles. The number of pyridine rings is 1. The molecule has 3 aromatic rings. The largest absolute Gasteiger partial charge is 0.254 e. The first-order chi connectivity index (χ1) is 10.2. The lowest BCUT2D eigenvalue weighted by Crippen LogP contribution is -1.93. The van der Waals surface area contributed by atoms with Gasteiger partial charge < -0.3 is 0 Å². The summed E-state index contributed by atoms with van der Waals surface area (Å²) in [5, 5.41) is 4.70. The molecular formula is C19H15NS. The molecule has 0 amide bonds. The highest BCUT2D eigenvalue weighted by Crippen LogP contribution is 2.39. The predicted molar refractivity (Wildman–Crippen MR) is 91.5 cm³/mol. The lowest BCUT2D eigenvalue weighted by Gasteiger charge is -2.15. The van der Waals surface area contributed by atoms with Crippen LogP contribution in [0, 0.1) is 13.8 Å². The van der Waals surface area contributed by atoms with E-state index >= 15 is 0 Å². The van der Waals surface area contributed by atoms with Gasteiger partial charge in [-0.2, -0.15) is 0 Å². The van der Waals surface area contributed by atoms with Gasteiger partial charge in [-0.1, -0.05) is 47.2 Å². The van der Waals surface area contributed by atoms with Gasteiger partial charge in [0.1, 0.15) is 0 Å². The van der Waals surface area contributed by atoms with Crippen LogP contribution in [0.15, 0.2) is 52.9 Å². The predicted octanol–water partition coefficient (Wildman–Crippen LogP) is 5.60.